The number of methoxy groups -OCH3 is 1. The molecule has 0 spiro atoms. The van der Waals surface area contributed by atoms with Crippen LogP contribution in [0.4, 0.5) is 0 Å². The van der Waals surface area contributed by atoms with Crippen LogP contribution in [0.3, 0.4) is 0 Å². The zero-order valence-electron chi connectivity index (χ0n) is 10.7. The maximum Gasteiger partial charge on any atom is 0.323 e. The van der Waals surface area contributed by atoms with Gasteiger partial charge in [0, 0.05) is 6.04 Å². The molecule has 0 radical (unpaired) electrons. The van der Waals surface area contributed by atoms with Crippen LogP contribution < -0.4 is 5.32 Å². The van der Waals surface area contributed by atoms with Crippen LogP contribution in [0.2, 0.25) is 0 Å². The van der Waals surface area contributed by atoms with Crippen LogP contribution in [0, 0.1) is 0 Å². The van der Waals surface area contributed by atoms with Crippen LogP contribution in [0.15, 0.2) is 0 Å². The zero-order valence-corrected chi connectivity index (χ0v) is 11.5. The molecule has 5 nitrogen and oxygen atoms in total. The van der Waals surface area contributed by atoms with Gasteiger partial charge in [0.05, 0.1) is 18.1 Å². The van der Waals surface area contributed by atoms with Gasteiger partial charge in [-0.25, -0.2) is 8.42 Å². The lowest BCUT2D eigenvalue weighted by Crippen LogP contribution is -2.60. The number of carbonyl (C=O) groups is 1. The summed E-state index contributed by atoms with van der Waals surface area (Å²) in [6, 6.07) is -0.783. The minimum atomic E-state index is -3.19. The van der Waals surface area contributed by atoms with E-state index in [1.54, 1.807) is 0 Å². The second kappa shape index (κ2) is 5.57. The van der Waals surface area contributed by atoms with Gasteiger partial charge in [-0.1, -0.05) is 25.7 Å². The average molecular weight is 275 g/mol. The van der Waals surface area contributed by atoms with Gasteiger partial charge in [-0.05, 0) is 12.8 Å². The lowest BCUT2D eigenvalue weighted by molar-refractivity contribution is -0.142. The highest BCUT2D eigenvalue weighted by Crippen LogP contribution is 2.27. The van der Waals surface area contributed by atoms with Crippen LogP contribution in [0.5, 0.6) is 0 Å². The summed E-state index contributed by atoms with van der Waals surface area (Å²) in [4.78, 5) is 11.5. The van der Waals surface area contributed by atoms with Gasteiger partial charge >= 0.3 is 5.97 Å². The number of sulfone groups is 1. The van der Waals surface area contributed by atoms with E-state index >= 15 is 0 Å². The van der Waals surface area contributed by atoms with Gasteiger partial charge in [-0.3, -0.25) is 10.1 Å². The quantitative estimate of drug-likeness (QED) is 0.711. The predicted octanol–water partition coefficient (Wildman–Crippen LogP) is 0.637. The average Bonchev–Trinajstić information content (AvgIpc) is 2.28. The molecule has 18 heavy (non-hydrogen) atoms. The van der Waals surface area contributed by atoms with Gasteiger partial charge in [0.15, 0.2) is 9.84 Å². The first-order valence-electron chi connectivity index (χ1n) is 6.60. The molecule has 0 amide bonds. The normalized spacial score (nSPS) is 35.9. The fourth-order valence-corrected chi connectivity index (χ4v) is 5.20. The van der Waals surface area contributed by atoms with Gasteiger partial charge in [0.25, 0.3) is 0 Å². The van der Waals surface area contributed by atoms with E-state index in [0.717, 1.165) is 32.1 Å². The maximum atomic E-state index is 12.3. The van der Waals surface area contributed by atoms with Gasteiger partial charge in [-0.2, -0.15) is 0 Å². The Morgan fingerprint density at radius 1 is 1.17 bits per heavy atom. The summed E-state index contributed by atoms with van der Waals surface area (Å²) < 4.78 is 29.2. The second-order valence-electron chi connectivity index (χ2n) is 5.21. The monoisotopic (exact) mass is 275 g/mol. The van der Waals surface area contributed by atoms with E-state index in [-0.39, 0.29) is 17.0 Å². The highest BCUT2D eigenvalue weighted by molar-refractivity contribution is 7.92. The minimum Gasteiger partial charge on any atom is -0.468 e. The topological polar surface area (TPSA) is 72.5 Å². The first-order valence-corrected chi connectivity index (χ1v) is 8.31. The second-order valence-corrected chi connectivity index (χ2v) is 7.47. The molecule has 0 aromatic rings. The molecule has 0 aromatic carbocycles. The molecule has 1 heterocycles. The van der Waals surface area contributed by atoms with E-state index < -0.39 is 21.8 Å². The molecule has 6 heteroatoms. The number of nitrogens with one attached hydrogen (secondary N) is 1. The molecule has 1 saturated carbocycles. The van der Waals surface area contributed by atoms with Crippen molar-refractivity contribution in [3.63, 3.8) is 0 Å². The first kappa shape index (κ1) is 13.8. The number of hydrogen-bond acceptors (Lipinski definition) is 5. The summed E-state index contributed by atoms with van der Waals surface area (Å²) in [5, 5.41) is 2.86. The van der Waals surface area contributed by atoms with E-state index in [9.17, 15) is 13.2 Å². The van der Waals surface area contributed by atoms with Crippen LogP contribution in [0.1, 0.15) is 38.5 Å². The molecular weight excluding hydrogens is 254 g/mol. The molecule has 1 saturated heterocycles. The standard InChI is InChI=1S/C12H21NO4S/c1-17-12(14)10-8-18(15,16)11-7-5-3-2-4-6-9(11)13-10/h9-11,13H,2-8H2,1H3. The third kappa shape index (κ3) is 2.85. The first-order chi connectivity index (χ1) is 8.54. The fraction of sp³-hybridized carbons (Fsp3) is 0.917. The predicted molar refractivity (Wildman–Crippen MR) is 68.0 cm³/mol. The molecule has 3 unspecified atom stereocenters. The van der Waals surface area contributed by atoms with Crippen molar-refractivity contribution in [2.24, 2.45) is 0 Å². The molecule has 1 aliphatic carbocycles. The molecule has 0 aromatic heterocycles. The Bertz CT molecular complexity index is 406. The van der Waals surface area contributed by atoms with Crippen molar-refractivity contribution < 1.29 is 17.9 Å². The Morgan fingerprint density at radius 3 is 2.50 bits per heavy atom. The summed E-state index contributed by atoms with van der Waals surface area (Å²) in [5.74, 6) is -0.597. The number of carbonyl (C=O) groups excluding carboxylic acids is 1. The van der Waals surface area contributed by atoms with Crippen molar-refractivity contribution in [3.05, 3.63) is 0 Å². The summed E-state index contributed by atoms with van der Waals surface area (Å²) in [5.41, 5.74) is 0. The van der Waals surface area contributed by atoms with Gasteiger partial charge in [-0.15, -0.1) is 0 Å². The zero-order chi connectivity index (χ0) is 13.2. The highest BCUT2D eigenvalue weighted by Gasteiger charge is 2.43. The lowest BCUT2D eigenvalue weighted by atomic mass is 9.95. The van der Waals surface area contributed by atoms with Crippen LogP contribution in [-0.2, 0) is 19.4 Å². The van der Waals surface area contributed by atoms with Crippen molar-refractivity contribution in [3.8, 4) is 0 Å². The van der Waals surface area contributed by atoms with Crippen molar-refractivity contribution in [2.45, 2.75) is 55.9 Å². The molecule has 1 aliphatic heterocycles. The summed E-state index contributed by atoms with van der Waals surface area (Å²) in [7, 11) is -1.90. The molecule has 0 bridgehead atoms. The fourth-order valence-electron chi connectivity index (χ4n) is 3.01. The van der Waals surface area contributed by atoms with Crippen LogP contribution in [-0.4, -0.2) is 44.6 Å². The van der Waals surface area contributed by atoms with Crippen LogP contribution in [0.25, 0.3) is 0 Å². The van der Waals surface area contributed by atoms with Crippen molar-refractivity contribution in [1.82, 2.24) is 5.32 Å². The third-order valence-electron chi connectivity index (χ3n) is 3.96. The van der Waals surface area contributed by atoms with E-state index in [4.69, 9.17) is 0 Å². The Labute approximate surface area is 108 Å². The smallest absolute Gasteiger partial charge is 0.323 e. The van der Waals surface area contributed by atoms with Crippen molar-refractivity contribution in [1.29, 1.82) is 0 Å². The Hall–Kier alpha value is -0.620. The number of fused-ring (bicyclic) bond motifs is 1. The molecule has 104 valence electrons. The largest absolute Gasteiger partial charge is 0.468 e. The Kier molecular flexibility index (Phi) is 4.27. The number of esters is 1. The molecule has 3 atom stereocenters. The van der Waals surface area contributed by atoms with E-state index in [1.165, 1.54) is 7.11 Å². The van der Waals surface area contributed by atoms with Gasteiger partial charge < -0.3 is 4.74 Å². The highest BCUT2D eigenvalue weighted by atomic mass is 32.2. The molecule has 2 rings (SSSR count). The number of ether oxygens (including phenoxy) is 1. The Balaban J connectivity index is 2.18. The molecule has 2 aliphatic rings. The summed E-state index contributed by atoms with van der Waals surface area (Å²) >= 11 is 0. The Morgan fingerprint density at radius 2 is 1.83 bits per heavy atom. The summed E-state index contributed by atoms with van der Waals surface area (Å²) in [6.45, 7) is 0. The third-order valence-corrected chi connectivity index (χ3v) is 6.25. The van der Waals surface area contributed by atoms with E-state index in [2.05, 4.69) is 10.1 Å². The van der Waals surface area contributed by atoms with E-state index in [0.29, 0.717) is 6.42 Å². The summed E-state index contributed by atoms with van der Waals surface area (Å²) in [6.07, 6.45) is 5.79. The lowest BCUT2D eigenvalue weighted by Gasteiger charge is -2.37. The van der Waals surface area contributed by atoms with Crippen molar-refractivity contribution in [2.75, 3.05) is 12.9 Å². The molecule has 1 N–H and O–H groups in total. The minimum absolute atomic E-state index is 0.0897. The molecular formula is C12H21NO4S. The van der Waals surface area contributed by atoms with Crippen molar-refractivity contribution >= 4 is 15.8 Å². The number of rotatable bonds is 1. The SMILES string of the molecule is COC(=O)C1CS(=O)(=O)C2CCCCCCC2N1. The number of hydrogen-bond donors (Lipinski definition) is 1. The molecule has 2 fully saturated rings. The van der Waals surface area contributed by atoms with Gasteiger partial charge in [0.1, 0.15) is 6.04 Å². The van der Waals surface area contributed by atoms with Gasteiger partial charge in [0.2, 0.25) is 0 Å². The van der Waals surface area contributed by atoms with E-state index in [1.807, 2.05) is 0 Å². The maximum absolute atomic E-state index is 12.3. The van der Waals surface area contributed by atoms with Crippen LogP contribution >= 0.6 is 0 Å².